The first-order valence-electron chi connectivity index (χ1n) is 4.93. The van der Waals surface area contributed by atoms with Gasteiger partial charge in [-0.25, -0.2) is 0 Å². The third kappa shape index (κ3) is 1.82. The molecule has 3 N–H and O–H groups in total. The maximum Gasteiger partial charge on any atom is 0.116 e. The van der Waals surface area contributed by atoms with Gasteiger partial charge in [0, 0.05) is 18.9 Å². The lowest BCUT2D eigenvalue weighted by Crippen LogP contribution is -2.15. The zero-order valence-electron chi connectivity index (χ0n) is 8.07. The molecule has 14 heavy (non-hydrogen) atoms. The summed E-state index contributed by atoms with van der Waals surface area (Å²) >= 11 is 0. The number of benzene rings is 1. The van der Waals surface area contributed by atoms with Crippen LogP contribution in [0.4, 0.5) is 5.69 Å². The van der Waals surface area contributed by atoms with Crippen molar-refractivity contribution in [3.8, 4) is 5.75 Å². The Morgan fingerprint density at radius 2 is 2.00 bits per heavy atom. The lowest BCUT2D eigenvalue weighted by molar-refractivity contribution is 0.0854. The number of nitrogens with two attached hydrogens (primary N) is 1. The normalized spacial score (nSPS) is 18.3. The van der Waals surface area contributed by atoms with Gasteiger partial charge in [0.05, 0.1) is 0 Å². The van der Waals surface area contributed by atoms with E-state index >= 15 is 0 Å². The smallest absolute Gasteiger partial charge is 0.116 e. The Hall–Kier alpha value is -1.22. The van der Waals surface area contributed by atoms with Crippen molar-refractivity contribution >= 4 is 5.69 Å². The van der Waals surface area contributed by atoms with E-state index in [1.54, 1.807) is 18.2 Å². The molecule has 0 spiro atoms. The molecule has 0 bridgehead atoms. The molecule has 0 atom stereocenters. The van der Waals surface area contributed by atoms with Crippen molar-refractivity contribution < 1.29 is 9.84 Å². The Labute approximate surface area is 83.5 Å². The average Bonchev–Trinajstić information content (AvgIpc) is 2.23. The lowest BCUT2D eigenvalue weighted by atomic mass is 9.90. The van der Waals surface area contributed by atoms with E-state index in [1.807, 2.05) is 0 Å². The zero-order chi connectivity index (χ0) is 9.97. The number of phenolic OH excluding ortho intramolecular Hbond substituents is 1. The molecule has 2 rings (SSSR count). The molecule has 3 nitrogen and oxygen atoms in total. The van der Waals surface area contributed by atoms with E-state index in [0.29, 0.717) is 11.7 Å². The van der Waals surface area contributed by atoms with Crippen LogP contribution in [-0.4, -0.2) is 18.3 Å². The first kappa shape index (κ1) is 9.34. The van der Waals surface area contributed by atoms with Crippen LogP contribution in [0.1, 0.15) is 24.3 Å². The van der Waals surface area contributed by atoms with E-state index in [2.05, 4.69) is 0 Å². The van der Waals surface area contributed by atoms with E-state index in [0.717, 1.165) is 37.3 Å². The van der Waals surface area contributed by atoms with Gasteiger partial charge < -0.3 is 15.6 Å². The number of hydrogen-bond acceptors (Lipinski definition) is 3. The Morgan fingerprint density at radius 1 is 1.29 bits per heavy atom. The summed E-state index contributed by atoms with van der Waals surface area (Å²) in [5.41, 5.74) is 7.70. The summed E-state index contributed by atoms with van der Waals surface area (Å²) in [5, 5.41) is 9.38. The summed E-state index contributed by atoms with van der Waals surface area (Å²) in [5.74, 6) is 0.733. The highest BCUT2D eigenvalue weighted by Gasteiger charge is 2.18. The second-order valence-electron chi connectivity index (χ2n) is 3.70. The molecule has 1 aliphatic rings. The van der Waals surface area contributed by atoms with Gasteiger partial charge in [-0.1, -0.05) is 0 Å². The zero-order valence-corrected chi connectivity index (χ0v) is 8.07. The summed E-state index contributed by atoms with van der Waals surface area (Å²) < 4.78 is 5.29. The third-order valence-corrected chi connectivity index (χ3v) is 2.73. The Kier molecular flexibility index (Phi) is 2.59. The number of phenols is 1. The summed E-state index contributed by atoms with van der Waals surface area (Å²) in [6.45, 7) is 1.58. The van der Waals surface area contributed by atoms with Crippen LogP contribution in [0.15, 0.2) is 18.2 Å². The second kappa shape index (κ2) is 3.88. The van der Waals surface area contributed by atoms with Crippen molar-refractivity contribution in [3.05, 3.63) is 23.8 Å². The van der Waals surface area contributed by atoms with Gasteiger partial charge in [-0.15, -0.1) is 0 Å². The predicted molar refractivity (Wildman–Crippen MR) is 55.3 cm³/mol. The van der Waals surface area contributed by atoms with Crippen LogP contribution in [0.25, 0.3) is 0 Å². The molecule has 1 aromatic rings. The standard InChI is InChI=1S/C11H15NO2/c12-11-2-1-9(13)7-10(11)8-3-5-14-6-4-8/h1-2,7-8,13H,3-6,12H2. The molecule has 1 saturated heterocycles. The first-order chi connectivity index (χ1) is 6.77. The SMILES string of the molecule is Nc1ccc(O)cc1C1CCOCC1. The molecule has 1 fully saturated rings. The van der Waals surface area contributed by atoms with Gasteiger partial charge in [0.2, 0.25) is 0 Å². The van der Waals surface area contributed by atoms with Crippen molar-refractivity contribution in [2.24, 2.45) is 0 Å². The van der Waals surface area contributed by atoms with E-state index < -0.39 is 0 Å². The average molecular weight is 193 g/mol. The van der Waals surface area contributed by atoms with E-state index in [4.69, 9.17) is 10.5 Å². The highest BCUT2D eigenvalue weighted by atomic mass is 16.5. The molecule has 0 amide bonds. The summed E-state index contributed by atoms with van der Waals surface area (Å²) in [4.78, 5) is 0. The van der Waals surface area contributed by atoms with Crippen LogP contribution >= 0.6 is 0 Å². The van der Waals surface area contributed by atoms with Crippen LogP contribution in [0.3, 0.4) is 0 Å². The van der Waals surface area contributed by atoms with Crippen molar-refractivity contribution in [2.45, 2.75) is 18.8 Å². The second-order valence-corrected chi connectivity index (χ2v) is 3.70. The number of nitrogen functional groups attached to an aromatic ring is 1. The molecule has 1 aromatic carbocycles. The van der Waals surface area contributed by atoms with Crippen molar-refractivity contribution in [1.29, 1.82) is 0 Å². The fourth-order valence-electron chi connectivity index (χ4n) is 1.92. The van der Waals surface area contributed by atoms with Gasteiger partial charge in [0.25, 0.3) is 0 Å². The van der Waals surface area contributed by atoms with E-state index in [9.17, 15) is 5.11 Å². The quantitative estimate of drug-likeness (QED) is 0.528. The minimum absolute atomic E-state index is 0.292. The Morgan fingerprint density at radius 3 is 2.71 bits per heavy atom. The van der Waals surface area contributed by atoms with E-state index in [1.165, 1.54) is 0 Å². The van der Waals surface area contributed by atoms with Crippen LogP contribution < -0.4 is 5.73 Å². The largest absolute Gasteiger partial charge is 0.508 e. The molecule has 1 heterocycles. The molecule has 0 aliphatic carbocycles. The maximum atomic E-state index is 9.38. The van der Waals surface area contributed by atoms with Crippen LogP contribution in [-0.2, 0) is 4.74 Å². The minimum Gasteiger partial charge on any atom is -0.508 e. The fraction of sp³-hybridized carbons (Fsp3) is 0.455. The maximum absolute atomic E-state index is 9.38. The summed E-state index contributed by atoms with van der Waals surface area (Å²) in [6.07, 6.45) is 1.99. The monoisotopic (exact) mass is 193 g/mol. The van der Waals surface area contributed by atoms with Gasteiger partial charge in [-0.05, 0) is 42.5 Å². The number of anilines is 1. The molecule has 0 saturated carbocycles. The highest BCUT2D eigenvalue weighted by molar-refractivity contribution is 5.52. The molecule has 0 aromatic heterocycles. The van der Waals surface area contributed by atoms with Crippen LogP contribution in [0.2, 0.25) is 0 Å². The van der Waals surface area contributed by atoms with Gasteiger partial charge in [0.15, 0.2) is 0 Å². The van der Waals surface area contributed by atoms with Crippen LogP contribution in [0.5, 0.6) is 5.75 Å². The van der Waals surface area contributed by atoms with Crippen molar-refractivity contribution in [2.75, 3.05) is 18.9 Å². The van der Waals surface area contributed by atoms with Gasteiger partial charge in [-0.3, -0.25) is 0 Å². The van der Waals surface area contributed by atoms with Gasteiger partial charge in [0.1, 0.15) is 5.75 Å². The number of aromatic hydroxyl groups is 1. The first-order valence-corrected chi connectivity index (χ1v) is 4.93. The van der Waals surface area contributed by atoms with Crippen LogP contribution in [0, 0.1) is 0 Å². The fourth-order valence-corrected chi connectivity index (χ4v) is 1.92. The molecular weight excluding hydrogens is 178 g/mol. The predicted octanol–water partition coefficient (Wildman–Crippen LogP) is 1.87. The topological polar surface area (TPSA) is 55.5 Å². The van der Waals surface area contributed by atoms with Crippen molar-refractivity contribution in [3.63, 3.8) is 0 Å². The lowest BCUT2D eigenvalue weighted by Gasteiger charge is -2.23. The Balaban J connectivity index is 2.24. The molecule has 3 heteroatoms. The molecule has 0 radical (unpaired) electrons. The van der Waals surface area contributed by atoms with E-state index in [-0.39, 0.29) is 0 Å². The number of hydrogen-bond donors (Lipinski definition) is 2. The molecular formula is C11H15NO2. The van der Waals surface area contributed by atoms with Crippen molar-refractivity contribution in [1.82, 2.24) is 0 Å². The Bertz CT molecular complexity index is 319. The molecule has 1 aliphatic heterocycles. The molecule has 0 unspecified atom stereocenters. The number of rotatable bonds is 1. The summed E-state index contributed by atoms with van der Waals surface area (Å²) in [7, 11) is 0. The van der Waals surface area contributed by atoms with Gasteiger partial charge in [-0.2, -0.15) is 0 Å². The minimum atomic E-state index is 0.292. The molecule has 76 valence electrons. The van der Waals surface area contributed by atoms with Gasteiger partial charge >= 0.3 is 0 Å². The highest BCUT2D eigenvalue weighted by Crippen LogP contribution is 2.32. The third-order valence-electron chi connectivity index (χ3n) is 2.73. The summed E-state index contributed by atoms with van der Waals surface area (Å²) in [6, 6.07) is 5.16. The number of ether oxygens (including phenoxy) is 1.